The summed E-state index contributed by atoms with van der Waals surface area (Å²) in [7, 11) is 4.08. The SMILES string of the molecule is CN1CCC(COc2cnc(-c3ccc4nn(C)cc4c3)c(-c3ccc(C#N)cc3)c2)C1. The second kappa shape index (κ2) is 8.45. The molecule has 1 aliphatic heterocycles. The molecule has 0 radical (unpaired) electrons. The number of aryl methyl sites for hydroxylation is 1. The van der Waals surface area contributed by atoms with Gasteiger partial charge in [-0.2, -0.15) is 10.4 Å². The fraction of sp³-hybridized carbons (Fsp3) is 0.269. The molecule has 1 unspecified atom stereocenters. The number of nitriles is 1. The highest BCUT2D eigenvalue weighted by Gasteiger charge is 2.20. The van der Waals surface area contributed by atoms with E-state index in [2.05, 4.69) is 41.3 Å². The first-order valence-corrected chi connectivity index (χ1v) is 10.8. The minimum absolute atomic E-state index is 0.547. The Labute approximate surface area is 187 Å². The van der Waals surface area contributed by atoms with Crippen LogP contribution in [0.25, 0.3) is 33.3 Å². The lowest BCUT2D eigenvalue weighted by molar-refractivity contribution is 0.248. The fourth-order valence-electron chi connectivity index (χ4n) is 4.37. The Balaban J connectivity index is 1.52. The van der Waals surface area contributed by atoms with Crippen molar-refractivity contribution >= 4 is 10.9 Å². The van der Waals surface area contributed by atoms with Gasteiger partial charge >= 0.3 is 0 Å². The molecule has 1 aliphatic rings. The third kappa shape index (κ3) is 4.08. The predicted octanol–water partition coefficient (Wildman–Crippen LogP) is 4.50. The summed E-state index contributed by atoms with van der Waals surface area (Å²) in [6.07, 6.45) is 4.99. The Morgan fingerprint density at radius 2 is 1.91 bits per heavy atom. The summed E-state index contributed by atoms with van der Waals surface area (Å²) in [6.45, 7) is 2.89. The molecule has 3 heterocycles. The first-order valence-electron chi connectivity index (χ1n) is 10.8. The fourth-order valence-corrected chi connectivity index (χ4v) is 4.37. The van der Waals surface area contributed by atoms with Gasteiger partial charge in [-0.3, -0.25) is 9.67 Å². The van der Waals surface area contributed by atoms with E-state index in [-0.39, 0.29) is 0 Å². The number of fused-ring (bicyclic) bond motifs is 1. The molecule has 1 fully saturated rings. The summed E-state index contributed by atoms with van der Waals surface area (Å²) in [5.74, 6) is 1.32. The number of rotatable bonds is 5. The Kier molecular flexibility index (Phi) is 5.34. The number of benzene rings is 2. The van der Waals surface area contributed by atoms with Crippen molar-refractivity contribution in [3.8, 4) is 34.2 Å². The van der Waals surface area contributed by atoms with Crippen LogP contribution in [0.1, 0.15) is 12.0 Å². The average Bonchev–Trinajstić information content (AvgIpc) is 3.41. The van der Waals surface area contributed by atoms with Crippen LogP contribution in [0.2, 0.25) is 0 Å². The van der Waals surface area contributed by atoms with E-state index in [1.54, 1.807) is 0 Å². The minimum atomic E-state index is 0.547. The first kappa shape index (κ1) is 20.2. The van der Waals surface area contributed by atoms with Gasteiger partial charge in [0.25, 0.3) is 0 Å². The lowest BCUT2D eigenvalue weighted by atomic mass is 9.97. The Morgan fingerprint density at radius 1 is 1.09 bits per heavy atom. The molecule has 160 valence electrons. The summed E-state index contributed by atoms with van der Waals surface area (Å²) in [5.41, 5.74) is 5.49. The largest absolute Gasteiger partial charge is 0.492 e. The second-order valence-corrected chi connectivity index (χ2v) is 8.56. The van der Waals surface area contributed by atoms with Crippen molar-refractivity contribution in [2.45, 2.75) is 6.42 Å². The number of nitrogens with zero attached hydrogens (tertiary/aromatic N) is 5. The molecule has 0 spiro atoms. The van der Waals surface area contributed by atoms with Gasteiger partial charge in [0.05, 0.1) is 35.6 Å². The number of hydrogen-bond donors (Lipinski definition) is 0. The van der Waals surface area contributed by atoms with Crippen molar-refractivity contribution in [3.63, 3.8) is 0 Å². The monoisotopic (exact) mass is 423 g/mol. The zero-order valence-electron chi connectivity index (χ0n) is 18.3. The third-order valence-electron chi connectivity index (χ3n) is 6.05. The molecule has 32 heavy (non-hydrogen) atoms. The van der Waals surface area contributed by atoms with Gasteiger partial charge in [0.1, 0.15) is 5.75 Å². The predicted molar refractivity (Wildman–Crippen MR) is 125 cm³/mol. The quantitative estimate of drug-likeness (QED) is 0.473. The van der Waals surface area contributed by atoms with Crippen molar-refractivity contribution in [1.29, 1.82) is 5.26 Å². The third-order valence-corrected chi connectivity index (χ3v) is 6.05. The maximum Gasteiger partial charge on any atom is 0.138 e. The van der Waals surface area contributed by atoms with E-state index in [0.29, 0.717) is 18.1 Å². The molecule has 6 nitrogen and oxygen atoms in total. The van der Waals surface area contributed by atoms with Crippen LogP contribution < -0.4 is 4.74 Å². The van der Waals surface area contributed by atoms with Crippen molar-refractivity contribution < 1.29 is 4.74 Å². The first-order chi connectivity index (χ1) is 15.6. The standard InChI is InChI=1S/C26H25N5O/c1-30-10-9-19(15-30)17-32-23-12-24(20-5-3-18(13-27)4-6-20)26(28-14-23)21-7-8-25-22(11-21)16-31(2)29-25/h3-8,11-12,14,16,19H,9-10,15,17H2,1-2H3. The zero-order valence-corrected chi connectivity index (χ0v) is 18.3. The van der Waals surface area contributed by atoms with Crippen molar-refractivity contribution in [2.75, 3.05) is 26.7 Å². The number of aromatic nitrogens is 3. The Hall–Kier alpha value is -3.69. The van der Waals surface area contributed by atoms with Crippen LogP contribution in [0, 0.1) is 17.2 Å². The van der Waals surface area contributed by atoms with Crippen LogP contribution in [0.4, 0.5) is 0 Å². The van der Waals surface area contributed by atoms with Crippen LogP contribution in [0.15, 0.2) is 60.9 Å². The summed E-state index contributed by atoms with van der Waals surface area (Å²) in [5, 5.41) is 14.7. The van der Waals surface area contributed by atoms with Gasteiger partial charge in [-0.05, 0) is 55.9 Å². The van der Waals surface area contributed by atoms with Crippen molar-refractivity contribution in [2.24, 2.45) is 13.0 Å². The molecule has 4 aromatic rings. The van der Waals surface area contributed by atoms with E-state index >= 15 is 0 Å². The molecular weight excluding hydrogens is 398 g/mol. The number of ether oxygens (including phenoxy) is 1. The maximum absolute atomic E-state index is 9.18. The summed E-state index contributed by atoms with van der Waals surface area (Å²) in [6, 6.07) is 18.1. The van der Waals surface area contributed by atoms with E-state index in [0.717, 1.165) is 58.5 Å². The molecule has 0 N–H and O–H groups in total. The molecule has 0 saturated carbocycles. The van der Waals surface area contributed by atoms with Gasteiger partial charge in [0.2, 0.25) is 0 Å². The molecule has 0 aliphatic carbocycles. The van der Waals surface area contributed by atoms with Crippen LogP contribution in [0.5, 0.6) is 5.75 Å². The van der Waals surface area contributed by atoms with Crippen LogP contribution >= 0.6 is 0 Å². The van der Waals surface area contributed by atoms with Gasteiger partial charge in [0, 0.05) is 42.2 Å². The van der Waals surface area contributed by atoms with Crippen molar-refractivity contribution in [3.05, 3.63) is 66.5 Å². The highest BCUT2D eigenvalue weighted by molar-refractivity contribution is 5.88. The summed E-state index contributed by atoms with van der Waals surface area (Å²) in [4.78, 5) is 7.15. The molecule has 6 heteroatoms. The van der Waals surface area contributed by atoms with Crippen molar-refractivity contribution in [1.82, 2.24) is 19.7 Å². The van der Waals surface area contributed by atoms with E-state index in [1.165, 1.54) is 0 Å². The smallest absolute Gasteiger partial charge is 0.138 e. The normalized spacial score (nSPS) is 16.3. The molecule has 2 aromatic heterocycles. The molecular formula is C26H25N5O. The summed E-state index contributed by atoms with van der Waals surface area (Å²) < 4.78 is 7.98. The highest BCUT2D eigenvalue weighted by Crippen LogP contribution is 2.34. The highest BCUT2D eigenvalue weighted by atomic mass is 16.5. The Bertz CT molecular complexity index is 1300. The van der Waals surface area contributed by atoms with E-state index in [1.807, 2.05) is 54.5 Å². The lowest BCUT2D eigenvalue weighted by Gasteiger charge is -2.15. The molecule has 0 bridgehead atoms. The van der Waals surface area contributed by atoms with Crippen LogP contribution in [0.3, 0.4) is 0 Å². The molecule has 5 rings (SSSR count). The summed E-state index contributed by atoms with van der Waals surface area (Å²) >= 11 is 0. The van der Waals surface area contributed by atoms with E-state index in [4.69, 9.17) is 9.72 Å². The molecule has 1 atom stereocenters. The van der Waals surface area contributed by atoms with Crippen LogP contribution in [-0.2, 0) is 7.05 Å². The van der Waals surface area contributed by atoms with E-state index < -0.39 is 0 Å². The molecule has 1 saturated heterocycles. The number of pyridine rings is 1. The van der Waals surface area contributed by atoms with Gasteiger partial charge in [-0.25, -0.2) is 0 Å². The van der Waals surface area contributed by atoms with Gasteiger partial charge in [-0.15, -0.1) is 0 Å². The lowest BCUT2D eigenvalue weighted by Crippen LogP contribution is -2.18. The molecule has 0 amide bonds. The second-order valence-electron chi connectivity index (χ2n) is 8.56. The number of hydrogen-bond acceptors (Lipinski definition) is 5. The zero-order chi connectivity index (χ0) is 22.1. The van der Waals surface area contributed by atoms with Gasteiger partial charge in [0.15, 0.2) is 0 Å². The number of likely N-dealkylation sites (tertiary alicyclic amines) is 1. The van der Waals surface area contributed by atoms with Gasteiger partial charge in [-0.1, -0.05) is 18.2 Å². The minimum Gasteiger partial charge on any atom is -0.492 e. The molecule has 2 aromatic carbocycles. The Morgan fingerprint density at radius 3 is 2.66 bits per heavy atom. The average molecular weight is 424 g/mol. The van der Waals surface area contributed by atoms with Crippen LogP contribution in [-0.4, -0.2) is 46.4 Å². The van der Waals surface area contributed by atoms with E-state index in [9.17, 15) is 5.26 Å². The topological polar surface area (TPSA) is 67.0 Å². The maximum atomic E-state index is 9.18. The van der Waals surface area contributed by atoms with Gasteiger partial charge < -0.3 is 9.64 Å².